The summed E-state index contributed by atoms with van der Waals surface area (Å²) < 4.78 is -0.0898. The molecule has 0 saturated carbocycles. The van der Waals surface area contributed by atoms with Crippen LogP contribution < -0.4 is 5.73 Å². The Bertz CT molecular complexity index is 551. The lowest BCUT2D eigenvalue weighted by Crippen LogP contribution is -2.29. The Hall–Kier alpha value is -0.660. The van der Waals surface area contributed by atoms with Crippen molar-refractivity contribution in [3.05, 3.63) is 42.0 Å². The van der Waals surface area contributed by atoms with Crippen molar-refractivity contribution in [1.82, 2.24) is 0 Å². The van der Waals surface area contributed by atoms with Crippen LogP contribution in [-0.2, 0) is 4.75 Å². The zero-order valence-corrected chi connectivity index (χ0v) is 12.4. The second-order valence-electron chi connectivity index (χ2n) is 5.00. The van der Waals surface area contributed by atoms with E-state index in [0.29, 0.717) is 12.3 Å². The molecule has 20 heavy (non-hydrogen) atoms. The minimum Gasteiger partial charge on any atom is -0.508 e. The van der Waals surface area contributed by atoms with E-state index in [2.05, 4.69) is 12.2 Å². The van der Waals surface area contributed by atoms with E-state index in [1.165, 1.54) is 0 Å². The molecule has 0 aromatic heterocycles. The standard InChI is InChI=1S/C12H10O2S2.C2H7NO/c13-8-3-1-2-7(6-8)11-5-4-9-12(14,15-9)10(11)16-11;3-1-2-4/h1-6,9-10,13-14H;4H,1-3H2. The summed E-state index contributed by atoms with van der Waals surface area (Å²) in [4.78, 5) is -0.551. The van der Waals surface area contributed by atoms with Gasteiger partial charge in [0.15, 0.2) is 0 Å². The van der Waals surface area contributed by atoms with Crippen molar-refractivity contribution in [2.75, 3.05) is 13.2 Å². The summed E-state index contributed by atoms with van der Waals surface area (Å²) in [5.74, 6) is 0.295. The number of rotatable bonds is 2. The average Bonchev–Trinajstić information content (AvgIpc) is 3.31. The van der Waals surface area contributed by atoms with E-state index in [1.807, 2.05) is 12.1 Å². The van der Waals surface area contributed by atoms with Gasteiger partial charge in [-0.25, -0.2) is 0 Å². The Labute approximate surface area is 126 Å². The molecule has 6 heteroatoms. The lowest BCUT2D eigenvalue weighted by molar-refractivity contribution is 0.175. The van der Waals surface area contributed by atoms with Crippen LogP contribution in [0.25, 0.3) is 0 Å². The molecule has 2 fully saturated rings. The summed E-state index contributed by atoms with van der Waals surface area (Å²) in [5.41, 5.74) is 5.87. The molecule has 3 aliphatic rings. The van der Waals surface area contributed by atoms with E-state index < -0.39 is 4.93 Å². The molecule has 2 aliphatic heterocycles. The minimum atomic E-state index is -0.551. The quantitative estimate of drug-likeness (QED) is 0.482. The summed E-state index contributed by atoms with van der Waals surface area (Å²) >= 11 is 3.42. The molecule has 1 aromatic rings. The maximum Gasteiger partial charge on any atom is 0.140 e. The van der Waals surface area contributed by atoms with Gasteiger partial charge in [0.25, 0.3) is 0 Å². The number of thioether (sulfide) groups is 2. The fourth-order valence-corrected chi connectivity index (χ4v) is 5.48. The number of benzene rings is 1. The SMILES string of the molecule is NCCO.Oc1cccc(C23C=CC4SC4(O)C2S3)c1. The molecule has 1 aliphatic carbocycles. The Morgan fingerprint density at radius 3 is 2.70 bits per heavy atom. The number of phenols is 1. The number of hydrogen-bond acceptors (Lipinski definition) is 6. The lowest BCUT2D eigenvalue weighted by Gasteiger charge is -2.17. The van der Waals surface area contributed by atoms with Crippen LogP contribution in [0.1, 0.15) is 5.56 Å². The second-order valence-corrected chi connectivity index (χ2v) is 7.78. The molecule has 0 spiro atoms. The number of fused-ring (bicyclic) bond motifs is 3. The zero-order chi connectivity index (χ0) is 14.4. The molecule has 0 bridgehead atoms. The van der Waals surface area contributed by atoms with Crippen LogP contribution >= 0.6 is 23.5 Å². The van der Waals surface area contributed by atoms with Gasteiger partial charge in [-0.3, -0.25) is 0 Å². The average molecular weight is 311 g/mol. The highest BCUT2D eigenvalue weighted by Crippen LogP contribution is 2.77. The van der Waals surface area contributed by atoms with E-state index in [1.54, 1.807) is 35.7 Å². The van der Waals surface area contributed by atoms with E-state index in [0.717, 1.165) is 5.56 Å². The first-order valence-corrected chi connectivity index (χ1v) is 8.20. The first kappa shape index (κ1) is 14.3. The normalized spacial score (nSPS) is 39.1. The highest BCUT2D eigenvalue weighted by atomic mass is 32.2. The molecular weight excluding hydrogens is 294 g/mol. The molecule has 2 heterocycles. The Morgan fingerprint density at radius 1 is 1.30 bits per heavy atom. The van der Waals surface area contributed by atoms with Crippen molar-refractivity contribution in [3.8, 4) is 5.75 Å². The van der Waals surface area contributed by atoms with E-state index in [4.69, 9.17) is 10.8 Å². The highest BCUT2D eigenvalue weighted by Gasteiger charge is 2.75. The third-order valence-electron chi connectivity index (χ3n) is 3.63. The molecule has 2 saturated heterocycles. The fraction of sp³-hybridized carbons (Fsp3) is 0.429. The van der Waals surface area contributed by atoms with Crippen LogP contribution in [0.15, 0.2) is 36.4 Å². The molecule has 0 radical (unpaired) electrons. The highest BCUT2D eigenvalue weighted by molar-refractivity contribution is 8.14. The van der Waals surface area contributed by atoms with Crippen molar-refractivity contribution in [3.63, 3.8) is 0 Å². The lowest BCUT2D eigenvalue weighted by atomic mass is 9.88. The van der Waals surface area contributed by atoms with E-state index >= 15 is 0 Å². The van der Waals surface area contributed by atoms with Crippen LogP contribution in [0.4, 0.5) is 0 Å². The predicted molar refractivity (Wildman–Crippen MR) is 82.8 cm³/mol. The minimum absolute atomic E-state index is 0.0898. The Morgan fingerprint density at radius 2 is 2.05 bits per heavy atom. The van der Waals surface area contributed by atoms with Gasteiger partial charge in [-0.1, -0.05) is 24.3 Å². The first-order valence-electron chi connectivity index (χ1n) is 6.44. The Balaban J connectivity index is 0.000000272. The van der Waals surface area contributed by atoms with Crippen LogP contribution in [0.5, 0.6) is 5.75 Å². The smallest absolute Gasteiger partial charge is 0.140 e. The summed E-state index contributed by atoms with van der Waals surface area (Å²) in [6.45, 7) is 0.472. The molecular formula is C14H17NO3S2. The first-order chi connectivity index (χ1) is 9.56. The number of hydrogen-bond donors (Lipinski definition) is 4. The Kier molecular flexibility index (Phi) is 3.54. The van der Waals surface area contributed by atoms with Gasteiger partial charge in [-0.05, 0) is 17.7 Å². The van der Waals surface area contributed by atoms with Crippen LogP contribution in [0.3, 0.4) is 0 Å². The van der Waals surface area contributed by atoms with Crippen LogP contribution in [0.2, 0.25) is 0 Å². The van der Waals surface area contributed by atoms with Gasteiger partial charge in [-0.2, -0.15) is 0 Å². The van der Waals surface area contributed by atoms with Crippen LogP contribution in [-0.4, -0.2) is 43.9 Å². The number of aliphatic hydroxyl groups excluding tert-OH is 1. The van der Waals surface area contributed by atoms with E-state index in [9.17, 15) is 10.2 Å². The second kappa shape index (κ2) is 4.96. The topological polar surface area (TPSA) is 86.7 Å². The summed E-state index contributed by atoms with van der Waals surface area (Å²) in [6.07, 6.45) is 4.29. The fourth-order valence-electron chi connectivity index (χ4n) is 2.53. The maximum atomic E-state index is 10.3. The number of nitrogens with two attached hydrogens (primary N) is 1. The van der Waals surface area contributed by atoms with Crippen molar-refractivity contribution < 1.29 is 15.3 Å². The number of aromatic hydroxyl groups is 1. The van der Waals surface area contributed by atoms with Gasteiger partial charge < -0.3 is 21.1 Å². The van der Waals surface area contributed by atoms with Gasteiger partial charge in [0, 0.05) is 6.54 Å². The third-order valence-corrected chi connectivity index (χ3v) is 6.88. The predicted octanol–water partition coefficient (Wildman–Crippen LogP) is 1.01. The maximum absolute atomic E-state index is 10.3. The molecule has 4 unspecified atom stereocenters. The molecule has 5 N–H and O–H groups in total. The molecule has 1 aromatic carbocycles. The molecule has 4 rings (SSSR count). The van der Waals surface area contributed by atoms with E-state index in [-0.39, 0.29) is 21.9 Å². The summed E-state index contributed by atoms with van der Waals surface area (Å²) in [5, 5.41) is 28.1. The summed E-state index contributed by atoms with van der Waals surface area (Å²) in [7, 11) is 0. The third kappa shape index (κ3) is 2.16. The largest absolute Gasteiger partial charge is 0.508 e. The molecule has 0 amide bonds. The van der Waals surface area contributed by atoms with Gasteiger partial charge in [0.2, 0.25) is 0 Å². The zero-order valence-electron chi connectivity index (χ0n) is 10.8. The van der Waals surface area contributed by atoms with Gasteiger partial charge in [0.1, 0.15) is 10.7 Å². The molecule has 4 nitrogen and oxygen atoms in total. The van der Waals surface area contributed by atoms with Crippen molar-refractivity contribution >= 4 is 23.5 Å². The van der Waals surface area contributed by atoms with Gasteiger partial charge in [-0.15, -0.1) is 23.5 Å². The van der Waals surface area contributed by atoms with Gasteiger partial charge in [0.05, 0.1) is 21.9 Å². The number of phenolic OH excluding ortho intramolecular Hbond substituents is 1. The van der Waals surface area contributed by atoms with Gasteiger partial charge >= 0.3 is 0 Å². The number of aliphatic hydroxyl groups is 2. The monoisotopic (exact) mass is 311 g/mol. The van der Waals surface area contributed by atoms with Crippen molar-refractivity contribution in [2.24, 2.45) is 5.73 Å². The molecule has 4 atom stereocenters. The van der Waals surface area contributed by atoms with Crippen molar-refractivity contribution in [2.45, 2.75) is 20.2 Å². The van der Waals surface area contributed by atoms with Crippen molar-refractivity contribution in [1.29, 1.82) is 0 Å². The summed E-state index contributed by atoms with van der Waals surface area (Å²) in [6, 6.07) is 7.36. The molecule has 108 valence electrons. The van der Waals surface area contributed by atoms with Crippen LogP contribution in [0, 0.1) is 0 Å².